The maximum Gasteiger partial charge on any atom is 0.251 e. The zero-order valence-electron chi connectivity index (χ0n) is 16.0. The van der Waals surface area contributed by atoms with Crippen LogP contribution in [0, 0.1) is 0 Å². The number of fused-ring (bicyclic) bond motifs is 2. The van der Waals surface area contributed by atoms with Gasteiger partial charge in [-0.3, -0.25) is 14.4 Å². The quantitative estimate of drug-likeness (QED) is 0.696. The molecule has 2 aromatic carbocycles. The van der Waals surface area contributed by atoms with Crippen molar-refractivity contribution in [3.05, 3.63) is 64.0 Å². The van der Waals surface area contributed by atoms with Gasteiger partial charge in [0.2, 0.25) is 11.8 Å². The predicted octanol–water partition coefficient (Wildman–Crippen LogP) is 3.09. The van der Waals surface area contributed by atoms with E-state index in [0.29, 0.717) is 30.1 Å². The molecule has 0 saturated heterocycles. The second-order valence-corrected chi connectivity index (χ2v) is 8.23. The van der Waals surface area contributed by atoms with Crippen molar-refractivity contribution in [3.8, 4) is 0 Å². The molecule has 1 aromatic heterocycles. The summed E-state index contributed by atoms with van der Waals surface area (Å²) in [6.45, 7) is 2.51. The second kappa shape index (κ2) is 7.67. The van der Waals surface area contributed by atoms with E-state index in [1.165, 1.54) is 18.3 Å². The van der Waals surface area contributed by atoms with Crippen molar-refractivity contribution in [1.29, 1.82) is 0 Å². The van der Waals surface area contributed by atoms with Crippen LogP contribution in [-0.2, 0) is 29.0 Å². The Hall–Kier alpha value is -3.19. The van der Waals surface area contributed by atoms with E-state index in [1.807, 2.05) is 42.5 Å². The predicted molar refractivity (Wildman–Crippen MR) is 114 cm³/mol. The normalized spacial score (nSPS) is 13.2. The average Bonchev–Trinajstić information content (AvgIpc) is 3.05. The van der Waals surface area contributed by atoms with Crippen LogP contribution in [0.1, 0.15) is 33.3 Å². The van der Waals surface area contributed by atoms with Gasteiger partial charge in [-0.25, -0.2) is 0 Å². The molecule has 4 rings (SSSR count). The van der Waals surface area contributed by atoms with Crippen molar-refractivity contribution < 1.29 is 14.4 Å². The Balaban J connectivity index is 1.60. The number of hydrogen-bond acceptors (Lipinski definition) is 4. The minimum absolute atomic E-state index is 0.00813. The number of hydrogen-bond donors (Lipinski definition) is 2. The van der Waals surface area contributed by atoms with Crippen molar-refractivity contribution in [2.45, 2.75) is 26.3 Å². The number of primary amides is 1. The van der Waals surface area contributed by atoms with E-state index in [2.05, 4.69) is 5.32 Å². The highest BCUT2D eigenvalue weighted by Crippen LogP contribution is 2.37. The van der Waals surface area contributed by atoms with Crippen molar-refractivity contribution in [2.24, 2.45) is 5.73 Å². The Bertz CT molecular complexity index is 1130. The number of nitrogens with two attached hydrogens (primary N) is 1. The molecule has 29 heavy (non-hydrogen) atoms. The molecule has 3 amide bonds. The molecule has 2 heterocycles. The summed E-state index contributed by atoms with van der Waals surface area (Å²) < 4.78 is 0. The van der Waals surface area contributed by atoms with Gasteiger partial charge in [0.1, 0.15) is 5.00 Å². The largest absolute Gasteiger partial charge is 0.365 e. The highest BCUT2D eigenvalue weighted by atomic mass is 32.1. The summed E-state index contributed by atoms with van der Waals surface area (Å²) in [4.78, 5) is 39.2. The smallest absolute Gasteiger partial charge is 0.251 e. The summed E-state index contributed by atoms with van der Waals surface area (Å²) >= 11 is 1.33. The van der Waals surface area contributed by atoms with Gasteiger partial charge in [-0.15, -0.1) is 11.3 Å². The molecule has 148 valence electrons. The van der Waals surface area contributed by atoms with Crippen LogP contribution in [0.4, 0.5) is 5.00 Å². The van der Waals surface area contributed by atoms with Gasteiger partial charge in [-0.1, -0.05) is 42.5 Å². The van der Waals surface area contributed by atoms with Crippen molar-refractivity contribution >= 4 is 44.8 Å². The topological polar surface area (TPSA) is 92.5 Å². The van der Waals surface area contributed by atoms with E-state index in [4.69, 9.17) is 5.73 Å². The van der Waals surface area contributed by atoms with E-state index in [9.17, 15) is 14.4 Å². The molecule has 0 saturated carbocycles. The van der Waals surface area contributed by atoms with E-state index in [-0.39, 0.29) is 18.2 Å². The third kappa shape index (κ3) is 3.73. The van der Waals surface area contributed by atoms with Crippen LogP contribution in [0.3, 0.4) is 0 Å². The molecule has 1 aliphatic heterocycles. The zero-order chi connectivity index (χ0) is 20.5. The van der Waals surface area contributed by atoms with Gasteiger partial charge in [-0.2, -0.15) is 0 Å². The number of carbonyl (C=O) groups is 3. The number of benzene rings is 2. The molecule has 0 aliphatic carbocycles. The maximum absolute atomic E-state index is 12.8. The van der Waals surface area contributed by atoms with E-state index < -0.39 is 5.91 Å². The number of amides is 3. The average molecular weight is 407 g/mol. The standard InChI is InChI=1S/C22H21N3O3S/c1-13(26)25-10-9-17-18(12-25)29-22(20(17)21(23)28)24-19(27)11-15-7-4-6-14-5-2-3-8-16(14)15/h2-8H,9-12H2,1H3,(H2,23,28)(H,24,27). The lowest BCUT2D eigenvalue weighted by atomic mass is 10.0. The van der Waals surface area contributed by atoms with E-state index in [0.717, 1.165) is 26.8 Å². The second-order valence-electron chi connectivity index (χ2n) is 7.13. The van der Waals surface area contributed by atoms with E-state index >= 15 is 0 Å². The van der Waals surface area contributed by atoms with Gasteiger partial charge in [-0.05, 0) is 28.3 Å². The van der Waals surface area contributed by atoms with Gasteiger partial charge in [0, 0.05) is 18.3 Å². The Morgan fingerprint density at radius 3 is 2.66 bits per heavy atom. The van der Waals surface area contributed by atoms with Crippen LogP contribution in [0.15, 0.2) is 42.5 Å². The minimum atomic E-state index is -0.556. The zero-order valence-corrected chi connectivity index (χ0v) is 16.8. The van der Waals surface area contributed by atoms with Crippen molar-refractivity contribution in [3.63, 3.8) is 0 Å². The van der Waals surface area contributed by atoms with Crippen LogP contribution in [-0.4, -0.2) is 29.2 Å². The third-order valence-electron chi connectivity index (χ3n) is 5.23. The molecule has 0 radical (unpaired) electrons. The number of anilines is 1. The number of nitrogens with zero attached hydrogens (tertiary/aromatic N) is 1. The van der Waals surface area contributed by atoms with Crippen LogP contribution >= 0.6 is 11.3 Å². The monoisotopic (exact) mass is 407 g/mol. The molecule has 0 fully saturated rings. The summed E-state index contributed by atoms with van der Waals surface area (Å²) in [5.74, 6) is -0.767. The fourth-order valence-corrected chi connectivity index (χ4v) is 5.10. The number of rotatable bonds is 4. The summed E-state index contributed by atoms with van der Waals surface area (Å²) in [7, 11) is 0. The van der Waals surface area contributed by atoms with Gasteiger partial charge in [0.25, 0.3) is 5.91 Å². The van der Waals surface area contributed by atoms with Crippen LogP contribution in [0.2, 0.25) is 0 Å². The Labute approximate surface area is 172 Å². The van der Waals surface area contributed by atoms with Crippen LogP contribution < -0.4 is 11.1 Å². The number of thiophene rings is 1. The minimum Gasteiger partial charge on any atom is -0.365 e. The first-order valence-electron chi connectivity index (χ1n) is 9.40. The lowest BCUT2D eigenvalue weighted by Crippen LogP contribution is -2.34. The Morgan fingerprint density at radius 2 is 1.90 bits per heavy atom. The molecule has 0 unspecified atom stereocenters. The molecule has 0 bridgehead atoms. The lowest BCUT2D eigenvalue weighted by Gasteiger charge is -2.25. The highest BCUT2D eigenvalue weighted by molar-refractivity contribution is 7.17. The first-order chi connectivity index (χ1) is 13.9. The van der Waals surface area contributed by atoms with Gasteiger partial charge < -0.3 is 16.0 Å². The molecule has 3 aromatic rings. The number of nitrogens with one attached hydrogen (secondary N) is 1. The molecule has 6 nitrogen and oxygen atoms in total. The third-order valence-corrected chi connectivity index (χ3v) is 6.36. The molecular formula is C22H21N3O3S. The first-order valence-corrected chi connectivity index (χ1v) is 10.2. The Morgan fingerprint density at radius 1 is 1.14 bits per heavy atom. The molecular weight excluding hydrogens is 386 g/mol. The summed E-state index contributed by atoms with van der Waals surface area (Å²) in [6.07, 6.45) is 0.755. The number of carbonyl (C=O) groups excluding carboxylic acids is 3. The molecule has 3 N–H and O–H groups in total. The fraction of sp³-hybridized carbons (Fsp3) is 0.227. The lowest BCUT2D eigenvalue weighted by molar-refractivity contribution is -0.129. The van der Waals surface area contributed by atoms with Crippen LogP contribution in [0.25, 0.3) is 10.8 Å². The first kappa shape index (κ1) is 19.1. The summed E-state index contributed by atoms with van der Waals surface area (Å²) in [5, 5.41) is 5.46. The van der Waals surface area contributed by atoms with Crippen molar-refractivity contribution in [2.75, 3.05) is 11.9 Å². The summed E-state index contributed by atoms with van der Waals surface area (Å²) in [5.41, 5.74) is 7.76. The van der Waals surface area contributed by atoms with Gasteiger partial charge in [0.05, 0.1) is 18.5 Å². The highest BCUT2D eigenvalue weighted by Gasteiger charge is 2.28. The van der Waals surface area contributed by atoms with Gasteiger partial charge >= 0.3 is 0 Å². The molecule has 7 heteroatoms. The fourth-order valence-electron chi connectivity index (χ4n) is 3.81. The molecule has 1 aliphatic rings. The summed E-state index contributed by atoms with van der Waals surface area (Å²) in [6, 6.07) is 13.8. The van der Waals surface area contributed by atoms with E-state index in [1.54, 1.807) is 4.90 Å². The van der Waals surface area contributed by atoms with Gasteiger partial charge in [0.15, 0.2) is 0 Å². The Kier molecular flexibility index (Phi) is 5.07. The van der Waals surface area contributed by atoms with Crippen molar-refractivity contribution in [1.82, 2.24) is 4.90 Å². The SMILES string of the molecule is CC(=O)N1CCc2c(sc(NC(=O)Cc3cccc4ccccc34)c2C(N)=O)C1. The molecule has 0 spiro atoms. The maximum atomic E-state index is 12.8. The molecule has 0 atom stereocenters. The van der Waals surface area contributed by atoms with Crippen LogP contribution in [0.5, 0.6) is 0 Å².